The molecule has 0 aliphatic carbocycles. The zero-order valence-electron chi connectivity index (χ0n) is 36.9. The van der Waals surface area contributed by atoms with E-state index in [-0.39, 0.29) is 27.9 Å². The van der Waals surface area contributed by atoms with Crippen LogP contribution in [0.15, 0.2) is 170 Å². The van der Waals surface area contributed by atoms with Crippen molar-refractivity contribution in [3.63, 3.8) is 0 Å². The van der Waals surface area contributed by atoms with Crippen molar-refractivity contribution in [1.82, 2.24) is 9.97 Å². The van der Waals surface area contributed by atoms with Crippen LogP contribution in [0.2, 0.25) is 0 Å². The lowest BCUT2D eigenvalue weighted by molar-refractivity contribution is 0.506. The Morgan fingerprint density at radius 1 is 0.438 bits per heavy atom. The molecule has 0 N–H and O–H groups in total. The van der Waals surface area contributed by atoms with Gasteiger partial charge < -0.3 is 9.80 Å². The molecular weight excluding hydrogens is 805 g/mol. The van der Waals surface area contributed by atoms with Gasteiger partial charge in [-0.15, -0.1) is 0 Å². The van der Waals surface area contributed by atoms with Crippen molar-refractivity contribution in [2.24, 2.45) is 0 Å². The molecule has 64 heavy (non-hydrogen) atoms. The normalized spacial score (nSPS) is 11.7. The van der Waals surface area contributed by atoms with Crippen LogP contribution >= 0.6 is 0 Å². The van der Waals surface area contributed by atoms with E-state index in [9.17, 15) is 8.78 Å². The Bertz CT molecular complexity index is 2900. The van der Waals surface area contributed by atoms with Gasteiger partial charge >= 0.3 is 0 Å². The summed E-state index contributed by atoms with van der Waals surface area (Å²) >= 11 is 0. The summed E-state index contributed by atoms with van der Waals surface area (Å²) in [7, 11) is 0. The third-order valence-electron chi connectivity index (χ3n) is 12.3. The van der Waals surface area contributed by atoms with Crippen molar-refractivity contribution in [2.75, 3.05) is 9.80 Å². The number of hydrogen-bond acceptors (Lipinski definition) is 4. The second-order valence-electron chi connectivity index (χ2n) is 17.2. The van der Waals surface area contributed by atoms with Crippen LogP contribution in [0.25, 0.3) is 22.5 Å². The number of anilines is 6. The minimum atomic E-state index is -1.05. The molecule has 322 valence electrons. The molecule has 0 aliphatic rings. The van der Waals surface area contributed by atoms with Crippen LogP contribution < -0.4 is 9.80 Å². The predicted octanol–water partition coefficient (Wildman–Crippen LogP) is 15.9. The Balaban J connectivity index is 1.38. The first-order chi connectivity index (χ1) is 30.7. The van der Waals surface area contributed by atoms with Crippen molar-refractivity contribution in [3.8, 4) is 22.5 Å². The van der Waals surface area contributed by atoms with E-state index in [0.717, 1.165) is 47.7 Å². The lowest BCUT2D eigenvalue weighted by atomic mass is 9.82. The van der Waals surface area contributed by atoms with Crippen molar-refractivity contribution < 1.29 is 17.6 Å². The van der Waals surface area contributed by atoms with Crippen LogP contribution in [0.4, 0.5) is 51.7 Å². The summed E-state index contributed by atoms with van der Waals surface area (Å²) in [6, 6.07) is 51.0. The van der Waals surface area contributed by atoms with Gasteiger partial charge in [-0.1, -0.05) is 88.4 Å². The molecule has 4 nitrogen and oxygen atoms in total. The first kappa shape index (κ1) is 43.6. The summed E-state index contributed by atoms with van der Waals surface area (Å²) in [6.07, 6.45) is 1.83. The van der Waals surface area contributed by atoms with E-state index in [1.54, 1.807) is 6.07 Å². The summed E-state index contributed by atoms with van der Waals surface area (Å²) in [6.45, 7) is 12.7. The molecular formula is C56H50F4N4. The summed E-state index contributed by atoms with van der Waals surface area (Å²) in [5, 5.41) is 0. The highest BCUT2D eigenvalue weighted by Crippen LogP contribution is 2.44. The average Bonchev–Trinajstić information content (AvgIpc) is 3.30. The Hall–Kier alpha value is -7.06. The van der Waals surface area contributed by atoms with Gasteiger partial charge in [0.15, 0.2) is 0 Å². The molecule has 8 rings (SSSR count). The molecule has 6 aromatic carbocycles. The summed E-state index contributed by atoms with van der Waals surface area (Å²) in [4.78, 5) is 14.5. The number of hydrogen-bond donors (Lipinski definition) is 0. The molecule has 2 heterocycles. The highest BCUT2D eigenvalue weighted by atomic mass is 19.1. The average molecular weight is 855 g/mol. The topological polar surface area (TPSA) is 32.3 Å². The van der Waals surface area contributed by atoms with Gasteiger partial charge in [-0.2, -0.15) is 0 Å². The fourth-order valence-electron chi connectivity index (χ4n) is 7.93. The van der Waals surface area contributed by atoms with Gasteiger partial charge in [0, 0.05) is 51.4 Å². The van der Waals surface area contributed by atoms with Gasteiger partial charge in [0.2, 0.25) is 0 Å². The second kappa shape index (κ2) is 18.0. The number of pyridine rings is 2. The minimum Gasteiger partial charge on any atom is -0.310 e. The van der Waals surface area contributed by atoms with Gasteiger partial charge in [0.25, 0.3) is 0 Å². The van der Waals surface area contributed by atoms with Crippen LogP contribution in [0.1, 0.15) is 70.5 Å². The van der Waals surface area contributed by atoms with Crippen LogP contribution in [0.3, 0.4) is 0 Å². The molecule has 0 saturated carbocycles. The zero-order valence-corrected chi connectivity index (χ0v) is 36.9. The van der Waals surface area contributed by atoms with Gasteiger partial charge in [-0.3, -0.25) is 9.97 Å². The fourth-order valence-corrected chi connectivity index (χ4v) is 7.93. The lowest BCUT2D eigenvalue weighted by Gasteiger charge is -2.32. The van der Waals surface area contributed by atoms with E-state index < -0.39 is 28.7 Å². The number of aromatic nitrogens is 2. The van der Waals surface area contributed by atoms with Gasteiger partial charge in [-0.05, 0) is 140 Å². The first-order valence-electron chi connectivity index (χ1n) is 21.6. The van der Waals surface area contributed by atoms with E-state index in [0.29, 0.717) is 22.8 Å². The predicted molar refractivity (Wildman–Crippen MR) is 253 cm³/mol. The largest absolute Gasteiger partial charge is 0.310 e. The van der Waals surface area contributed by atoms with Gasteiger partial charge in [0.1, 0.15) is 23.3 Å². The fraction of sp³-hybridized carbons (Fsp3) is 0.179. The third kappa shape index (κ3) is 8.91. The van der Waals surface area contributed by atoms with E-state index >= 15 is 8.78 Å². The van der Waals surface area contributed by atoms with Crippen LogP contribution in [-0.4, -0.2) is 9.97 Å². The molecule has 0 bridgehead atoms. The van der Waals surface area contributed by atoms with Crippen molar-refractivity contribution in [2.45, 2.75) is 65.2 Å². The van der Waals surface area contributed by atoms with Crippen LogP contribution in [0.5, 0.6) is 0 Å². The number of rotatable bonds is 13. The Kier molecular flexibility index (Phi) is 12.2. The van der Waals surface area contributed by atoms with Crippen molar-refractivity contribution in [1.29, 1.82) is 0 Å². The number of para-hydroxylation sites is 2. The molecule has 0 unspecified atom stereocenters. The van der Waals surface area contributed by atoms with Crippen LogP contribution in [0, 0.1) is 23.3 Å². The number of aryl methyl sites for hydroxylation is 1. The lowest BCUT2D eigenvalue weighted by Crippen LogP contribution is -2.24. The molecule has 8 aromatic rings. The summed E-state index contributed by atoms with van der Waals surface area (Å²) in [5.41, 5.74) is 7.91. The quantitative estimate of drug-likeness (QED) is 0.108. The number of nitrogens with zero attached hydrogens (tertiary/aromatic N) is 4. The summed E-state index contributed by atoms with van der Waals surface area (Å²) in [5.74, 6) is -2.92. The van der Waals surface area contributed by atoms with Gasteiger partial charge in [0.05, 0.1) is 34.2 Å². The maximum atomic E-state index is 15.9. The van der Waals surface area contributed by atoms with Gasteiger partial charge in [-0.25, -0.2) is 17.6 Å². The third-order valence-corrected chi connectivity index (χ3v) is 12.3. The van der Waals surface area contributed by atoms with Crippen molar-refractivity contribution >= 4 is 34.1 Å². The molecule has 8 heteroatoms. The monoisotopic (exact) mass is 854 g/mol. The molecule has 0 spiro atoms. The van der Waals surface area contributed by atoms with E-state index in [1.807, 2.05) is 92.7 Å². The van der Waals surface area contributed by atoms with E-state index in [4.69, 9.17) is 9.97 Å². The maximum absolute atomic E-state index is 15.9. The summed E-state index contributed by atoms with van der Waals surface area (Å²) < 4.78 is 60.6. The van der Waals surface area contributed by atoms with E-state index in [1.165, 1.54) is 35.4 Å². The number of benzene rings is 6. The Morgan fingerprint density at radius 2 is 0.844 bits per heavy atom. The molecule has 0 radical (unpaired) electrons. The molecule has 0 saturated heterocycles. The second-order valence-corrected chi connectivity index (χ2v) is 17.2. The maximum Gasteiger partial charge on any atom is 0.135 e. The number of halogens is 4. The van der Waals surface area contributed by atoms with Crippen LogP contribution in [-0.2, 0) is 17.3 Å². The SMILES string of the molecule is CCc1ccc(N(c2ccccc2)c2cc(-c3ccc(F)cc3F)nc(C(C)(C)c3cc(N(c4ccccc4)c4ccc(C(C)(C)CC)cc4)cc(-c4ccc(F)cc4F)n3)c2)cc1. The molecule has 0 amide bonds. The Labute approximate surface area is 373 Å². The van der Waals surface area contributed by atoms with Crippen molar-refractivity contribution in [3.05, 3.63) is 216 Å². The Morgan fingerprint density at radius 3 is 1.23 bits per heavy atom. The highest BCUT2D eigenvalue weighted by Gasteiger charge is 2.32. The molecule has 0 aliphatic heterocycles. The standard InChI is InChI=1S/C56H50F4N4/c1-7-37-19-25-43(26-20-37)63(41-15-11-9-12-16-41)45-33-51(47-29-23-39(57)31-49(47)59)61-53(35-45)56(5,6)54-36-46(34-52(62-54)48-30-24-40(58)32-50(48)60)64(42-17-13-10-14-18-42)44-27-21-38(22-28-44)55(3,4)8-2/h9-36H,7-8H2,1-6H3. The molecule has 2 aromatic heterocycles. The molecule has 0 fully saturated rings. The first-order valence-corrected chi connectivity index (χ1v) is 21.6. The molecule has 0 atom stereocenters. The van der Waals surface area contributed by atoms with E-state index in [2.05, 4.69) is 86.0 Å². The smallest absolute Gasteiger partial charge is 0.135 e. The minimum absolute atomic E-state index is 0.0382. The zero-order chi connectivity index (χ0) is 45.2. The highest BCUT2D eigenvalue weighted by molar-refractivity contribution is 5.82.